The molecule has 4 rings (SSSR count). The summed E-state index contributed by atoms with van der Waals surface area (Å²) >= 11 is 1.60. The van der Waals surface area contributed by atoms with E-state index in [1.165, 1.54) is 12.1 Å². The van der Waals surface area contributed by atoms with E-state index < -0.39 is 0 Å². The molecule has 2 unspecified atom stereocenters. The molecular weight excluding hydrogens is 353 g/mol. The monoisotopic (exact) mass is 375 g/mol. The number of morpholine rings is 1. The molecule has 1 aromatic carbocycles. The molecular formula is C19H22FN3O2S. The van der Waals surface area contributed by atoms with E-state index >= 15 is 0 Å². The first-order chi connectivity index (χ1) is 12.7. The van der Waals surface area contributed by atoms with Crippen LogP contribution < -0.4 is 10.6 Å². The summed E-state index contributed by atoms with van der Waals surface area (Å²) in [6, 6.07) is 6.51. The Morgan fingerprint density at radius 3 is 3.00 bits per heavy atom. The summed E-state index contributed by atoms with van der Waals surface area (Å²) in [4.78, 5) is 18.3. The van der Waals surface area contributed by atoms with Gasteiger partial charge >= 0.3 is 0 Å². The standard InChI is InChI=1S/C19H22FN3O2S/c20-13-6-4-12(5-7-13)19-23-16-3-1-2-15(18(16)26-19)22-17(24)10-14-11-25-9-8-21-14/h4-7,14-15,21H,1-3,8-11H2,(H,22,24). The fourth-order valence-corrected chi connectivity index (χ4v) is 4.70. The first kappa shape index (κ1) is 17.6. The van der Waals surface area contributed by atoms with Crippen LogP contribution in [0.25, 0.3) is 10.6 Å². The number of ether oxygens (including phenoxy) is 1. The Balaban J connectivity index is 1.46. The highest BCUT2D eigenvalue weighted by Gasteiger charge is 2.27. The Morgan fingerprint density at radius 2 is 2.23 bits per heavy atom. The number of nitrogens with zero attached hydrogens (tertiary/aromatic N) is 1. The summed E-state index contributed by atoms with van der Waals surface area (Å²) in [5, 5.41) is 7.37. The van der Waals surface area contributed by atoms with Gasteiger partial charge in [-0.3, -0.25) is 4.79 Å². The molecule has 1 aliphatic carbocycles. The predicted octanol–water partition coefficient (Wildman–Crippen LogP) is 2.82. The first-order valence-corrected chi connectivity index (χ1v) is 9.87. The molecule has 2 heterocycles. The maximum absolute atomic E-state index is 13.1. The molecule has 1 aliphatic heterocycles. The van der Waals surface area contributed by atoms with E-state index in [-0.39, 0.29) is 23.8 Å². The fourth-order valence-electron chi connectivity index (χ4n) is 3.50. The average Bonchev–Trinajstić information content (AvgIpc) is 3.08. The number of rotatable bonds is 4. The van der Waals surface area contributed by atoms with Crippen molar-refractivity contribution in [3.05, 3.63) is 40.7 Å². The highest BCUT2D eigenvalue weighted by Crippen LogP contribution is 2.38. The van der Waals surface area contributed by atoms with Crippen LogP contribution in [-0.2, 0) is 16.0 Å². The zero-order valence-electron chi connectivity index (χ0n) is 14.5. The molecule has 0 bridgehead atoms. The van der Waals surface area contributed by atoms with Crippen molar-refractivity contribution in [3.8, 4) is 10.6 Å². The van der Waals surface area contributed by atoms with Crippen molar-refractivity contribution in [3.63, 3.8) is 0 Å². The summed E-state index contributed by atoms with van der Waals surface area (Å²) in [5.41, 5.74) is 1.98. The predicted molar refractivity (Wildman–Crippen MR) is 98.6 cm³/mol. The molecule has 1 amide bonds. The van der Waals surface area contributed by atoms with Gasteiger partial charge in [-0.05, 0) is 43.5 Å². The zero-order valence-corrected chi connectivity index (χ0v) is 15.3. The molecule has 138 valence electrons. The third-order valence-corrected chi connectivity index (χ3v) is 6.07. The number of nitrogens with one attached hydrogen (secondary N) is 2. The minimum Gasteiger partial charge on any atom is -0.378 e. The second-order valence-corrected chi connectivity index (χ2v) is 7.81. The topological polar surface area (TPSA) is 63.2 Å². The smallest absolute Gasteiger partial charge is 0.222 e. The third kappa shape index (κ3) is 3.95. The van der Waals surface area contributed by atoms with Gasteiger partial charge < -0.3 is 15.4 Å². The van der Waals surface area contributed by atoms with Crippen LogP contribution >= 0.6 is 11.3 Å². The third-order valence-electron chi connectivity index (χ3n) is 4.81. The molecule has 7 heteroatoms. The average molecular weight is 375 g/mol. The summed E-state index contributed by atoms with van der Waals surface area (Å²) in [6.45, 7) is 2.08. The van der Waals surface area contributed by atoms with Crippen molar-refractivity contribution in [2.24, 2.45) is 0 Å². The summed E-state index contributed by atoms with van der Waals surface area (Å²) in [5.74, 6) is -0.205. The number of carbonyl (C=O) groups is 1. The van der Waals surface area contributed by atoms with Crippen LogP contribution in [-0.4, -0.2) is 36.7 Å². The van der Waals surface area contributed by atoms with Crippen molar-refractivity contribution in [1.82, 2.24) is 15.6 Å². The van der Waals surface area contributed by atoms with Crippen molar-refractivity contribution >= 4 is 17.2 Å². The maximum Gasteiger partial charge on any atom is 0.222 e. The van der Waals surface area contributed by atoms with Crippen molar-refractivity contribution in [2.45, 2.75) is 37.8 Å². The van der Waals surface area contributed by atoms with Gasteiger partial charge in [-0.2, -0.15) is 0 Å². The van der Waals surface area contributed by atoms with Crippen molar-refractivity contribution < 1.29 is 13.9 Å². The number of thiazole rings is 1. The van der Waals surface area contributed by atoms with Crippen molar-refractivity contribution in [2.75, 3.05) is 19.8 Å². The van der Waals surface area contributed by atoms with Gasteiger partial charge in [0.2, 0.25) is 5.91 Å². The van der Waals surface area contributed by atoms with Gasteiger partial charge in [0, 0.05) is 24.6 Å². The van der Waals surface area contributed by atoms with E-state index in [2.05, 4.69) is 10.6 Å². The number of halogens is 1. The molecule has 1 fully saturated rings. The minimum absolute atomic E-state index is 0.0162. The molecule has 0 spiro atoms. The largest absolute Gasteiger partial charge is 0.378 e. The van der Waals surface area contributed by atoms with Crippen LogP contribution in [0.3, 0.4) is 0 Å². The van der Waals surface area contributed by atoms with E-state index in [1.807, 2.05) is 0 Å². The highest BCUT2D eigenvalue weighted by atomic mass is 32.1. The maximum atomic E-state index is 13.1. The SMILES string of the molecule is O=C(CC1COCCN1)NC1CCCc2nc(-c3ccc(F)cc3)sc21. The van der Waals surface area contributed by atoms with Crippen LogP contribution in [0.2, 0.25) is 0 Å². The number of hydrogen-bond donors (Lipinski definition) is 2. The van der Waals surface area contributed by atoms with Gasteiger partial charge in [-0.1, -0.05) is 0 Å². The van der Waals surface area contributed by atoms with E-state index in [1.54, 1.807) is 23.5 Å². The molecule has 5 nitrogen and oxygen atoms in total. The lowest BCUT2D eigenvalue weighted by Gasteiger charge is -2.26. The molecule has 2 aliphatic rings. The molecule has 1 aromatic heterocycles. The Kier molecular flexibility index (Phi) is 5.28. The Hall–Kier alpha value is -1.83. The summed E-state index contributed by atoms with van der Waals surface area (Å²) in [6.07, 6.45) is 3.29. The molecule has 2 N–H and O–H groups in total. The second kappa shape index (κ2) is 7.82. The second-order valence-electron chi connectivity index (χ2n) is 6.78. The molecule has 0 radical (unpaired) electrons. The fraction of sp³-hybridized carbons (Fsp3) is 0.474. The molecule has 0 saturated carbocycles. The van der Waals surface area contributed by atoms with Gasteiger partial charge in [0.1, 0.15) is 10.8 Å². The number of aromatic nitrogens is 1. The van der Waals surface area contributed by atoms with Crippen LogP contribution in [0.15, 0.2) is 24.3 Å². The lowest BCUT2D eigenvalue weighted by molar-refractivity contribution is -0.123. The van der Waals surface area contributed by atoms with Gasteiger partial charge in [-0.25, -0.2) is 9.37 Å². The first-order valence-electron chi connectivity index (χ1n) is 9.05. The van der Waals surface area contributed by atoms with Gasteiger partial charge in [-0.15, -0.1) is 11.3 Å². The highest BCUT2D eigenvalue weighted by molar-refractivity contribution is 7.15. The van der Waals surface area contributed by atoms with Crippen LogP contribution in [0.4, 0.5) is 4.39 Å². The Bertz CT molecular complexity index is 772. The molecule has 1 saturated heterocycles. The van der Waals surface area contributed by atoms with E-state index in [4.69, 9.17) is 9.72 Å². The van der Waals surface area contributed by atoms with E-state index in [0.717, 1.165) is 46.9 Å². The molecule has 26 heavy (non-hydrogen) atoms. The molecule has 2 atom stereocenters. The number of aryl methyl sites for hydroxylation is 1. The van der Waals surface area contributed by atoms with Crippen LogP contribution in [0.5, 0.6) is 0 Å². The summed E-state index contributed by atoms with van der Waals surface area (Å²) in [7, 11) is 0. The lowest BCUT2D eigenvalue weighted by Crippen LogP contribution is -2.44. The number of benzene rings is 1. The van der Waals surface area contributed by atoms with E-state index in [0.29, 0.717) is 19.6 Å². The van der Waals surface area contributed by atoms with Crippen LogP contribution in [0.1, 0.15) is 35.9 Å². The number of amides is 1. The van der Waals surface area contributed by atoms with Gasteiger partial charge in [0.25, 0.3) is 0 Å². The van der Waals surface area contributed by atoms with Gasteiger partial charge in [0.15, 0.2) is 0 Å². The number of carbonyl (C=O) groups excluding carboxylic acids is 1. The zero-order chi connectivity index (χ0) is 17.9. The molecule has 2 aromatic rings. The van der Waals surface area contributed by atoms with Crippen LogP contribution in [0, 0.1) is 5.82 Å². The van der Waals surface area contributed by atoms with Gasteiger partial charge in [0.05, 0.1) is 29.8 Å². The lowest BCUT2D eigenvalue weighted by atomic mass is 9.97. The minimum atomic E-state index is -0.250. The van der Waals surface area contributed by atoms with E-state index in [9.17, 15) is 9.18 Å². The van der Waals surface area contributed by atoms with Crippen molar-refractivity contribution in [1.29, 1.82) is 0 Å². The number of fused-ring (bicyclic) bond motifs is 1. The Labute approximate surface area is 156 Å². The normalized spacial score (nSPS) is 22.7. The quantitative estimate of drug-likeness (QED) is 0.863. The summed E-state index contributed by atoms with van der Waals surface area (Å²) < 4.78 is 18.6. The Morgan fingerprint density at radius 1 is 1.38 bits per heavy atom. The number of hydrogen-bond acceptors (Lipinski definition) is 5.